The molecule has 2 aromatic carbocycles. The van der Waals surface area contributed by atoms with Gasteiger partial charge in [-0.3, -0.25) is 9.59 Å². The Morgan fingerprint density at radius 2 is 1.54 bits per heavy atom. The number of carbonyl (C=O) groups is 3. The molecule has 2 heterocycles. The molecule has 0 unspecified atom stereocenters. The van der Waals surface area contributed by atoms with E-state index in [4.69, 9.17) is 13.9 Å². The number of esters is 1. The van der Waals surface area contributed by atoms with Gasteiger partial charge < -0.3 is 13.9 Å². The van der Waals surface area contributed by atoms with Gasteiger partial charge in [-0.1, -0.05) is 81.4 Å². The van der Waals surface area contributed by atoms with Crippen molar-refractivity contribution in [1.82, 2.24) is 4.90 Å². The lowest BCUT2D eigenvalue weighted by atomic mass is 9.84. The molecule has 4 rings (SSSR count). The smallest absolute Gasteiger partial charge is 0.417 e. The van der Waals surface area contributed by atoms with Crippen LogP contribution in [0.25, 0.3) is 0 Å². The standard InChI is InChI=1S/C29H37NO6Si/c1-19(36-37(5,6)29(2,3)4)26-22(17-24(31)35-26)27(32)30-23(18-34-28(30)33)25(20-13-9-7-10-14-20)21-15-11-8-12-16-21/h7-16,19,22-23,25-26H,17-18H2,1-6H3/t19-,22+,23-,26-/m0/s1. The van der Waals surface area contributed by atoms with E-state index in [9.17, 15) is 14.4 Å². The molecule has 0 saturated carbocycles. The summed E-state index contributed by atoms with van der Waals surface area (Å²) in [7, 11) is -2.19. The number of carbonyl (C=O) groups excluding carboxylic acids is 3. The van der Waals surface area contributed by atoms with Crippen LogP contribution in [0, 0.1) is 5.92 Å². The maximum Gasteiger partial charge on any atom is 0.417 e. The van der Waals surface area contributed by atoms with E-state index < -0.39 is 50.5 Å². The van der Waals surface area contributed by atoms with Crippen LogP contribution in [0.15, 0.2) is 60.7 Å². The number of hydrogen-bond donors (Lipinski definition) is 0. The predicted molar refractivity (Wildman–Crippen MR) is 142 cm³/mol. The summed E-state index contributed by atoms with van der Waals surface area (Å²) >= 11 is 0. The molecule has 0 aliphatic carbocycles. The van der Waals surface area contributed by atoms with E-state index in [1.54, 1.807) is 0 Å². The fraction of sp³-hybridized carbons (Fsp3) is 0.483. The molecule has 8 heteroatoms. The summed E-state index contributed by atoms with van der Waals surface area (Å²) in [5, 5.41) is -0.0498. The lowest BCUT2D eigenvalue weighted by Gasteiger charge is -2.40. The first kappa shape index (κ1) is 27.1. The lowest BCUT2D eigenvalue weighted by Crippen LogP contribution is -2.51. The van der Waals surface area contributed by atoms with E-state index >= 15 is 0 Å². The molecule has 2 aliphatic rings. The van der Waals surface area contributed by atoms with Crippen molar-refractivity contribution in [1.29, 1.82) is 0 Å². The first-order chi connectivity index (χ1) is 17.4. The van der Waals surface area contributed by atoms with Crippen LogP contribution < -0.4 is 0 Å². The van der Waals surface area contributed by atoms with Crippen LogP contribution in [0.1, 0.15) is 51.2 Å². The Morgan fingerprint density at radius 1 is 1.00 bits per heavy atom. The number of hydrogen-bond acceptors (Lipinski definition) is 6. The van der Waals surface area contributed by atoms with Crippen LogP contribution in [0.2, 0.25) is 18.1 Å². The van der Waals surface area contributed by atoms with Gasteiger partial charge in [0.15, 0.2) is 8.32 Å². The van der Waals surface area contributed by atoms with Crippen molar-refractivity contribution in [2.45, 2.75) is 76.4 Å². The molecule has 0 spiro atoms. The van der Waals surface area contributed by atoms with Crippen LogP contribution in [-0.4, -0.2) is 56.0 Å². The molecule has 37 heavy (non-hydrogen) atoms. The molecule has 4 atom stereocenters. The van der Waals surface area contributed by atoms with Gasteiger partial charge >= 0.3 is 12.1 Å². The average molecular weight is 524 g/mol. The topological polar surface area (TPSA) is 82.1 Å². The molecule has 2 aromatic rings. The molecule has 7 nitrogen and oxygen atoms in total. The summed E-state index contributed by atoms with van der Waals surface area (Å²) in [5.41, 5.74) is 1.94. The molecule has 0 N–H and O–H groups in total. The molecule has 198 valence electrons. The monoisotopic (exact) mass is 523 g/mol. The highest BCUT2D eigenvalue weighted by Gasteiger charge is 2.52. The van der Waals surface area contributed by atoms with E-state index in [0.717, 1.165) is 11.1 Å². The Bertz CT molecular complexity index is 1090. The van der Waals surface area contributed by atoms with Gasteiger partial charge in [0, 0.05) is 5.92 Å². The van der Waals surface area contributed by atoms with Crippen molar-refractivity contribution >= 4 is 26.3 Å². The van der Waals surface area contributed by atoms with Gasteiger partial charge in [-0.25, -0.2) is 9.69 Å². The Hall–Kier alpha value is -2.97. The first-order valence-electron chi connectivity index (χ1n) is 12.9. The van der Waals surface area contributed by atoms with E-state index in [1.807, 2.05) is 67.6 Å². The minimum absolute atomic E-state index is 0.0498. The number of rotatable bonds is 7. The van der Waals surface area contributed by atoms with Crippen LogP contribution in [0.4, 0.5) is 4.79 Å². The third kappa shape index (κ3) is 5.50. The van der Waals surface area contributed by atoms with Gasteiger partial charge in [0.05, 0.1) is 24.5 Å². The highest BCUT2D eigenvalue weighted by molar-refractivity contribution is 6.74. The zero-order valence-corrected chi connectivity index (χ0v) is 23.5. The fourth-order valence-corrected chi connectivity index (χ4v) is 6.43. The Balaban J connectivity index is 1.65. The normalized spacial score (nSPS) is 23.2. The Kier molecular flexibility index (Phi) is 7.62. The van der Waals surface area contributed by atoms with Gasteiger partial charge in [0.25, 0.3) is 0 Å². The quantitative estimate of drug-likeness (QED) is 0.352. The third-order valence-corrected chi connectivity index (χ3v) is 12.5. The summed E-state index contributed by atoms with van der Waals surface area (Å²) in [6.45, 7) is 12.6. The molecule has 2 amide bonds. The average Bonchev–Trinajstić information content (AvgIpc) is 3.42. The second-order valence-electron chi connectivity index (χ2n) is 11.5. The zero-order valence-electron chi connectivity index (χ0n) is 22.5. The summed E-state index contributed by atoms with van der Waals surface area (Å²) in [6.07, 6.45) is -2.04. The van der Waals surface area contributed by atoms with Crippen molar-refractivity contribution in [3.05, 3.63) is 71.8 Å². The van der Waals surface area contributed by atoms with Crippen molar-refractivity contribution in [2.75, 3.05) is 6.61 Å². The molecular weight excluding hydrogens is 486 g/mol. The first-order valence-corrected chi connectivity index (χ1v) is 15.8. The second-order valence-corrected chi connectivity index (χ2v) is 16.3. The van der Waals surface area contributed by atoms with Gasteiger partial charge in [-0.05, 0) is 36.2 Å². The summed E-state index contributed by atoms with van der Waals surface area (Å²) < 4.78 is 17.6. The van der Waals surface area contributed by atoms with Crippen LogP contribution >= 0.6 is 0 Å². The highest BCUT2D eigenvalue weighted by atomic mass is 28.4. The number of cyclic esters (lactones) is 2. The van der Waals surface area contributed by atoms with E-state index in [1.165, 1.54) is 4.90 Å². The van der Waals surface area contributed by atoms with Crippen LogP contribution in [0.5, 0.6) is 0 Å². The van der Waals surface area contributed by atoms with Gasteiger partial charge in [0.2, 0.25) is 5.91 Å². The third-order valence-electron chi connectivity index (χ3n) is 7.96. The lowest BCUT2D eigenvalue weighted by molar-refractivity contribution is -0.146. The number of imide groups is 1. The van der Waals surface area contributed by atoms with Gasteiger partial charge in [-0.2, -0.15) is 0 Å². The molecule has 0 aromatic heterocycles. The molecule has 2 saturated heterocycles. The Morgan fingerprint density at radius 3 is 2.05 bits per heavy atom. The molecule has 0 radical (unpaired) electrons. The fourth-order valence-electron chi connectivity index (χ4n) is 5.01. The molecular formula is C29H37NO6Si. The van der Waals surface area contributed by atoms with Gasteiger partial charge in [0.1, 0.15) is 12.7 Å². The van der Waals surface area contributed by atoms with Crippen LogP contribution in [-0.2, 0) is 23.5 Å². The largest absolute Gasteiger partial charge is 0.459 e. The van der Waals surface area contributed by atoms with E-state index in [0.29, 0.717) is 0 Å². The molecule has 0 bridgehead atoms. The number of ether oxygens (including phenoxy) is 2. The van der Waals surface area contributed by atoms with Crippen molar-refractivity contribution in [2.24, 2.45) is 5.92 Å². The molecule has 2 fully saturated rings. The van der Waals surface area contributed by atoms with Crippen LogP contribution in [0.3, 0.4) is 0 Å². The number of benzene rings is 2. The van der Waals surface area contributed by atoms with E-state index in [2.05, 4.69) is 33.9 Å². The van der Waals surface area contributed by atoms with Crippen molar-refractivity contribution in [3.8, 4) is 0 Å². The summed E-state index contributed by atoms with van der Waals surface area (Å²) in [5.74, 6) is -2.02. The highest BCUT2D eigenvalue weighted by Crippen LogP contribution is 2.40. The Labute approximate surface area is 220 Å². The maximum atomic E-state index is 14.0. The predicted octanol–water partition coefficient (Wildman–Crippen LogP) is 5.51. The zero-order chi connectivity index (χ0) is 27.0. The maximum absolute atomic E-state index is 14.0. The van der Waals surface area contributed by atoms with Crippen molar-refractivity contribution < 1.29 is 28.3 Å². The van der Waals surface area contributed by atoms with Crippen molar-refractivity contribution in [3.63, 3.8) is 0 Å². The number of nitrogens with zero attached hydrogens (tertiary/aromatic N) is 1. The second kappa shape index (κ2) is 10.4. The van der Waals surface area contributed by atoms with Gasteiger partial charge in [-0.15, -0.1) is 0 Å². The SMILES string of the molecule is C[C@H](O[Si](C)(C)C(C)(C)C)[C@@H]1OC(=O)C[C@H]1C(=O)N1C(=O)OC[C@H]1C(c1ccccc1)c1ccccc1. The minimum Gasteiger partial charge on any atom is -0.459 e. The molecule has 2 aliphatic heterocycles. The number of amides is 2. The van der Waals surface area contributed by atoms with E-state index in [-0.39, 0.29) is 24.0 Å². The minimum atomic E-state index is -2.19. The summed E-state index contributed by atoms with van der Waals surface area (Å²) in [4.78, 5) is 40.7. The summed E-state index contributed by atoms with van der Waals surface area (Å²) in [6, 6.07) is 19.0.